The SMILES string of the molecule is Cc1nn(C)cc1C(=O)N1CCCC[C@H]1c1nc2c(c(=O)[nH]1)CN(C1CCCCC1)CC2. The Bertz CT molecular complexity index is 1050. The van der Waals surface area contributed by atoms with E-state index in [1.54, 1.807) is 10.9 Å². The number of carbonyl (C=O) groups is 1. The molecule has 8 nitrogen and oxygen atoms in total. The van der Waals surface area contributed by atoms with Crippen LogP contribution in [0.4, 0.5) is 0 Å². The highest BCUT2D eigenvalue weighted by Crippen LogP contribution is 2.32. The van der Waals surface area contributed by atoms with E-state index in [1.807, 2.05) is 18.9 Å². The Labute approximate surface area is 189 Å². The zero-order valence-electron chi connectivity index (χ0n) is 19.3. The van der Waals surface area contributed by atoms with Crippen molar-refractivity contribution in [1.82, 2.24) is 29.5 Å². The third-order valence-electron chi connectivity index (χ3n) is 7.53. The minimum absolute atomic E-state index is 0.0239. The summed E-state index contributed by atoms with van der Waals surface area (Å²) < 4.78 is 1.68. The lowest BCUT2D eigenvalue weighted by molar-refractivity contribution is 0.0597. The van der Waals surface area contributed by atoms with Gasteiger partial charge in [-0.05, 0) is 39.0 Å². The Balaban J connectivity index is 1.40. The predicted molar refractivity (Wildman–Crippen MR) is 121 cm³/mol. The maximum absolute atomic E-state index is 13.4. The molecule has 32 heavy (non-hydrogen) atoms. The molecule has 1 saturated carbocycles. The van der Waals surface area contributed by atoms with E-state index in [0.29, 0.717) is 30.5 Å². The van der Waals surface area contributed by atoms with Gasteiger partial charge in [0.25, 0.3) is 11.5 Å². The van der Waals surface area contributed by atoms with Crippen molar-refractivity contribution in [3.63, 3.8) is 0 Å². The van der Waals surface area contributed by atoms with Gasteiger partial charge < -0.3 is 9.88 Å². The number of hydrogen-bond acceptors (Lipinski definition) is 5. The largest absolute Gasteiger partial charge is 0.328 e. The molecule has 1 amide bonds. The van der Waals surface area contributed by atoms with Crippen LogP contribution >= 0.6 is 0 Å². The van der Waals surface area contributed by atoms with Crippen LogP contribution in [0.1, 0.15) is 90.5 Å². The topological polar surface area (TPSA) is 87.1 Å². The van der Waals surface area contributed by atoms with Gasteiger partial charge in [-0.1, -0.05) is 19.3 Å². The summed E-state index contributed by atoms with van der Waals surface area (Å²) in [6, 6.07) is 0.412. The smallest absolute Gasteiger partial charge is 0.257 e. The Morgan fingerprint density at radius 2 is 1.88 bits per heavy atom. The number of nitrogens with one attached hydrogen (secondary N) is 1. The molecular formula is C24H34N6O2. The summed E-state index contributed by atoms with van der Waals surface area (Å²) in [6.07, 6.45) is 11.8. The Morgan fingerprint density at radius 3 is 2.62 bits per heavy atom. The van der Waals surface area contributed by atoms with Crippen LogP contribution in [-0.2, 0) is 20.0 Å². The zero-order chi connectivity index (χ0) is 22.2. The molecule has 172 valence electrons. The van der Waals surface area contributed by atoms with E-state index in [9.17, 15) is 9.59 Å². The highest BCUT2D eigenvalue weighted by Gasteiger charge is 2.34. The van der Waals surface area contributed by atoms with Crippen LogP contribution in [0, 0.1) is 6.92 Å². The first kappa shape index (κ1) is 21.4. The second-order valence-corrected chi connectivity index (χ2v) is 9.70. The first-order chi connectivity index (χ1) is 15.5. The highest BCUT2D eigenvalue weighted by molar-refractivity contribution is 5.95. The quantitative estimate of drug-likeness (QED) is 0.796. The standard InChI is InChI=1S/C24H34N6O2/c1-16-18(14-28(2)27-16)24(32)30-12-7-6-10-21(30)22-25-20-11-13-29(15-19(20)23(31)26-22)17-8-4-3-5-9-17/h14,17,21H,3-13,15H2,1-2H3,(H,25,26,31)/t21-/m0/s1. The van der Waals surface area contributed by atoms with E-state index >= 15 is 0 Å². The van der Waals surface area contributed by atoms with Crippen LogP contribution in [0.15, 0.2) is 11.0 Å². The summed E-state index contributed by atoms with van der Waals surface area (Å²) in [6.45, 7) is 4.21. The number of H-pyrrole nitrogens is 1. The van der Waals surface area contributed by atoms with Gasteiger partial charge in [-0.25, -0.2) is 4.98 Å². The van der Waals surface area contributed by atoms with Gasteiger partial charge in [0.2, 0.25) is 0 Å². The van der Waals surface area contributed by atoms with Crippen molar-refractivity contribution >= 4 is 5.91 Å². The van der Waals surface area contributed by atoms with Crippen LogP contribution in [0.25, 0.3) is 0 Å². The number of carbonyl (C=O) groups excluding carboxylic acids is 1. The summed E-state index contributed by atoms with van der Waals surface area (Å²) >= 11 is 0. The molecule has 1 atom stereocenters. The predicted octanol–water partition coefficient (Wildman–Crippen LogP) is 2.87. The number of likely N-dealkylation sites (tertiary alicyclic amines) is 1. The van der Waals surface area contributed by atoms with E-state index in [4.69, 9.17) is 4.98 Å². The van der Waals surface area contributed by atoms with Crippen LogP contribution in [0.5, 0.6) is 0 Å². The van der Waals surface area contributed by atoms with E-state index in [0.717, 1.165) is 49.2 Å². The molecule has 1 saturated heterocycles. The minimum Gasteiger partial charge on any atom is -0.328 e. The van der Waals surface area contributed by atoms with Gasteiger partial charge in [-0.15, -0.1) is 0 Å². The van der Waals surface area contributed by atoms with E-state index in [2.05, 4.69) is 15.0 Å². The Kier molecular flexibility index (Phi) is 5.88. The van der Waals surface area contributed by atoms with Crippen molar-refractivity contribution in [2.45, 2.75) is 83.3 Å². The second-order valence-electron chi connectivity index (χ2n) is 9.70. The maximum Gasteiger partial charge on any atom is 0.257 e. The normalized spacial score (nSPS) is 22.7. The number of amides is 1. The molecule has 0 bridgehead atoms. The molecule has 2 fully saturated rings. The van der Waals surface area contributed by atoms with Crippen LogP contribution in [0.3, 0.4) is 0 Å². The minimum atomic E-state index is -0.190. The van der Waals surface area contributed by atoms with Gasteiger partial charge in [-0.3, -0.25) is 19.2 Å². The van der Waals surface area contributed by atoms with E-state index in [1.165, 1.54) is 32.1 Å². The first-order valence-corrected chi connectivity index (χ1v) is 12.2. The molecular weight excluding hydrogens is 404 g/mol. The van der Waals surface area contributed by atoms with E-state index < -0.39 is 0 Å². The number of rotatable bonds is 3. The van der Waals surface area contributed by atoms with Gasteiger partial charge in [0.1, 0.15) is 5.82 Å². The van der Waals surface area contributed by atoms with Crippen LogP contribution in [-0.4, -0.2) is 54.6 Å². The molecule has 2 aromatic heterocycles. The van der Waals surface area contributed by atoms with Gasteiger partial charge in [0.15, 0.2) is 0 Å². The fraction of sp³-hybridized carbons (Fsp3) is 0.667. The van der Waals surface area contributed by atoms with Crippen molar-refractivity contribution in [2.24, 2.45) is 7.05 Å². The summed E-state index contributed by atoms with van der Waals surface area (Å²) in [5.74, 6) is 0.624. The second kappa shape index (κ2) is 8.81. The monoisotopic (exact) mass is 438 g/mol. The molecule has 3 aliphatic rings. The lowest BCUT2D eigenvalue weighted by atomic mass is 9.92. The number of nitrogens with zero attached hydrogens (tertiary/aromatic N) is 5. The van der Waals surface area contributed by atoms with Crippen LogP contribution in [0.2, 0.25) is 0 Å². The maximum atomic E-state index is 13.4. The van der Waals surface area contributed by atoms with Crippen molar-refractivity contribution in [1.29, 1.82) is 0 Å². The van der Waals surface area contributed by atoms with Gasteiger partial charge in [0, 0.05) is 45.3 Å². The molecule has 1 aliphatic carbocycles. The lowest BCUT2D eigenvalue weighted by Crippen LogP contribution is -2.44. The fourth-order valence-corrected chi connectivity index (χ4v) is 5.80. The van der Waals surface area contributed by atoms with E-state index in [-0.39, 0.29) is 17.5 Å². The van der Waals surface area contributed by atoms with Gasteiger partial charge in [0.05, 0.1) is 28.6 Å². The lowest BCUT2D eigenvalue weighted by Gasteiger charge is -2.38. The van der Waals surface area contributed by atoms with Crippen LogP contribution < -0.4 is 5.56 Å². The molecule has 4 heterocycles. The number of aromatic nitrogens is 4. The molecule has 0 spiro atoms. The van der Waals surface area contributed by atoms with Crippen molar-refractivity contribution < 1.29 is 4.79 Å². The number of aromatic amines is 1. The average Bonchev–Trinajstić information content (AvgIpc) is 3.16. The molecule has 8 heteroatoms. The van der Waals surface area contributed by atoms with Crippen molar-refractivity contribution in [3.05, 3.63) is 44.9 Å². The molecule has 0 unspecified atom stereocenters. The number of hydrogen-bond donors (Lipinski definition) is 1. The highest BCUT2D eigenvalue weighted by atomic mass is 16.2. The van der Waals surface area contributed by atoms with Gasteiger partial charge in [-0.2, -0.15) is 5.10 Å². The zero-order valence-corrected chi connectivity index (χ0v) is 19.3. The van der Waals surface area contributed by atoms with Crippen molar-refractivity contribution in [3.8, 4) is 0 Å². The Hall–Kier alpha value is -2.48. The summed E-state index contributed by atoms with van der Waals surface area (Å²) in [5.41, 5.74) is 3.08. The molecule has 2 aromatic rings. The molecule has 0 aromatic carbocycles. The van der Waals surface area contributed by atoms with Gasteiger partial charge >= 0.3 is 0 Å². The summed E-state index contributed by atoms with van der Waals surface area (Å²) in [7, 11) is 1.83. The molecule has 5 rings (SSSR count). The summed E-state index contributed by atoms with van der Waals surface area (Å²) in [5, 5.41) is 4.33. The summed E-state index contributed by atoms with van der Waals surface area (Å²) in [4.78, 5) is 38.9. The first-order valence-electron chi connectivity index (χ1n) is 12.2. The number of piperidine rings is 1. The fourth-order valence-electron chi connectivity index (χ4n) is 5.80. The molecule has 1 N–H and O–H groups in total. The third-order valence-corrected chi connectivity index (χ3v) is 7.53. The molecule has 0 radical (unpaired) electrons. The Morgan fingerprint density at radius 1 is 1.09 bits per heavy atom. The third kappa shape index (κ3) is 4.00. The average molecular weight is 439 g/mol. The van der Waals surface area contributed by atoms with Crippen molar-refractivity contribution in [2.75, 3.05) is 13.1 Å². The number of fused-ring (bicyclic) bond motifs is 1. The molecule has 2 aliphatic heterocycles. The number of aryl methyl sites for hydroxylation is 2.